The number of ether oxygens (including phenoxy) is 1. The minimum Gasteiger partial charge on any atom is -0.471 e. The van der Waals surface area contributed by atoms with E-state index in [1.54, 1.807) is 0 Å². The summed E-state index contributed by atoms with van der Waals surface area (Å²) < 4.78 is 58.3. The number of rotatable bonds is 6. The van der Waals surface area contributed by atoms with Crippen molar-refractivity contribution < 1.29 is 27.1 Å². The average Bonchev–Trinajstić information content (AvgIpc) is 2.85. The second-order valence-electron chi connectivity index (χ2n) is 4.47. The SMILES string of the molecule is CON=C(COc1cc(C(F)F)nn1C)c1ccc(F)cc1F. The lowest BCUT2D eigenvalue weighted by Crippen LogP contribution is -2.16. The zero-order chi connectivity index (χ0) is 17.0. The van der Waals surface area contributed by atoms with E-state index in [4.69, 9.17) is 4.74 Å². The fraction of sp³-hybridized carbons (Fsp3) is 0.286. The number of alkyl halides is 2. The number of hydrogen-bond donors (Lipinski definition) is 0. The molecule has 124 valence electrons. The molecule has 0 radical (unpaired) electrons. The van der Waals surface area contributed by atoms with Gasteiger partial charge in [0.1, 0.15) is 36.8 Å². The maximum Gasteiger partial charge on any atom is 0.282 e. The standard InChI is InChI=1S/C14H13F4N3O2/c1-21-13(6-11(19-21)14(17)18)23-7-12(20-22-2)9-4-3-8(15)5-10(9)16/h3-6,14H,7H2,1-2H3. The van der Waals surface area contributed by atoms with Crippen LogP contribution in [0, 0.1) is 11.6 Å². The van der Waals surface area contributed by atoms with Crippen LogP contribution in [-0.4, -0.2) is 29.2 Å². The third-order valence-electron chi connectivity index (χ3n) is 2.88. The second kappa shape index (κ2) is 7.12. The summed E-state index contributed by atoms with van der Waals surface area (Å²) in [6, 6.07) is 4.00. The topological polar surface area (TPSA) is 48.6 Å². The van der Waals surface area contributed by atoms with Gasteiger partial charge in [0.25, 0.3) is 6.43 Å². The Kier molecular flexibility index (Phi) is 5.20. The Bertz CT molecular complexity index is 716. The van der Waals surface area contributed by atoms with Gasteiger partial charge in [-0.05, 0) is 12.1 Å². The molecule has 2 rings (SSSR count). The number of halogens is 4. The first-order valence-electron chi connectivity index (χ1n) is 6.42. The van der Waals surface area contributed by atoms with Crippen LogP contribution < -0.4 is 4.74 Å². The highest BCUT2D eigenvalue weighted by Gasteiger charge is 2.17. The van der Waals surface area contributed by atoms with Gasteiger partial charge < -0.3 is 9.57 Å². The van der Waals surface area contributed by atoms with Crippen LogP contribution in [0.3, 0.4) is 0 Å². The number of oxime groups is 1. The Morgan fingerprint density at radius 3 is 2.61 bits per heavy atom. The Labute approximate surface area is 129 Å². The molecule has 0 unspecified atom stereocenters. The van der Waals surface area contributed by atoms with E-state index < -0.39 is 23.8 Å². The third kappa shape index (κ3) is 3.99. The monoisotopic (exact) mass is 331 g/mol. The Balaban J connectivity index is 2.19. The second-order valence-corrected chi connectivity index (χ2v) is 4.47. The van der Waals surface area contributed by atoms with E-state index in [0.717, 1.165) is 16.8 Å². The summed E-state index contributed by atoms with van der Waals surface area (Å²) in [5.41, 5.74) is -0.435. The molecule has 23 heavy (non-hydrogen) atoms. The van der Waals surface area contributed by atoms with Crippen molar-refractivity contribution in [1.29, 1.82) is 0 Å². The molecule has 0 aliphatic rings. The van der Waals surface area contributed by atoms with E-state index in [2.05, 4.69) is 15.1 Å². The molecule has 0 saturated carbocycles. The van der Waals surface area contributed by atoms with Crippen LogP contribution in [0.2, 0.25) is 0 Å². The summed E-state index contributed by atoms with van der Waals surface area (Å²) in [4.78, 5) is 4.61. The highest BCUT2D eigenvalue weighted by molar-refractivity contribution is 6.01. The Hall–Kier alpha value is -2.58. The zero-order valence-electron chi connectivity index (χ0n) is 12.3. The van der Waals surface area contributed by atoms with Gasteiger partial charge in [-0.2, -0.15) is 5.10 Å². The largest absolute Gasteiger partial charge is 0.471 e. The van der Waals surface area contributed by atoms with Gasteiger partial charge in [-0.3, -0.25) is 0 Å². The first kappa shape index (κ1) is 16.8. The summed E-state index contributed by atoms with van der Waals surface area (Å²) in [6.45, 7) is -0.279. The molecule has 0 bridgehead atoms. The molecular formula is C14H13F4N3O2. The van der Waals surface area contributed by atoms with Crippen LogP contribution in [0.15, 0.2) is 29.4 Å². The predicted molar refractivity (Wildman–Crippen MR) is 73.6 cm³/mol. The molecule has 1 heterocycles. The Morgan fingerprint density at radius 2 is 2.04 bits per heavy atom. The number of aryl methyl sites for hydroxylation is 1. The van der Waals surface area contributed by atoms with E-state index in [1.165, 1.54) is 20.2 Å². The smallest absolute Gasteiger partial charge is 0.282 e. The van der Waals surface area contributed by atoms with Crippen LogP contribution in [0.5, 0.6) is 5.88 Å². The molecule has 0 atom stereocenters. The van der Waals surface area contributed by atoms with Crippen LogP contribution in [-0.2, 0) is 11.9 Å². The van der Waals surface area contributed by atoms with Gasteiger partial charge in [0.15, 0.2) is 0 Å². The molecule has 2 aromatic rings. The van der Waals surface area contributed by atoms with Gasteiger partial charge in [-0.1, -0.05) is 5.16 Å². The van der Waals surface area contributed by atoms with Gasteiger partial charge in [0.2, 0.25) is 5.88 Å². The summed E-state index contributed by atoms with van der Waals surface area (Å²) in [5, 5.41) is 7.21. The molecule has 9 heteroatoms. The number of hydrogen-bond acceptors (Lipinski definition) is 4. The van der Waals surface area contributed by atoms with Crippen LogP contribution in [0.1, 0.15) is 17.7 Å². The highest BCUT2D eigenvalue weighted by Crippen LogP contribution is 2.22. The van der Waals surface area contributed by atoms with Crippen molar-refractivity contribution >= 4 is 5.71 Å². The van der Waals surface area contributed by atoms with Crippen LogP contribution >= 0.6 is 0 Å². The fourth-order valence-electron chi connectivity index (χ4n) is 1.84. The van der Waals surface area contributed by atoms with Gasteiger partial charge in [-0.25, -0.2) is 22.2 Å². The van der Waals surface area contributed by atoms with E-state index in [-0.39, 0.29) is 23.8 Å². The molecule has 1 aromatic carbocycles. The van der Waals surface area contributed by atoms with Crippen molar-refractivity contribution in [2.24, 2.45) is 12.2 Å². The first-order valence-corrected chi connectivity index (χ1v) is 6.42. The van der Waals surface area contributed by atoms with E-state index in [9.17, 15) is 17.6 Å². The Morgan fingerprint density at radius 1 is 1.30 bits per heavy atom. The lowest BCUT2D eigenvalue weighted by Gasteiger charge is -2.09. The van der Waals surface area contributed by atoms with Crippen molar-refractivity contribution in [2.45, 2.75) is 6.43 Å². The zero-order valence-corrected chi connectivity index (χ0v) is 12.3. The van der Waals surface area contributed by atoms with Crippen LogP contribution in [0.4, 0.5) is 17.6 Å². The molecule has 0 N–H and O–H groups in total. The fourth-order valence-corrected chi connectivity index (χ4v) is 1.84. The summed E-state index contributed by atoms with van der Waals surface area (Å²) in [7, 11) is 2.67. The van der Waals surface area contributed by atoms with Crippen molar-refractivity contribution in [3.05, 3.63) is 47.2 Å². The molecule has 0 amide bonds. The predicted octanol–water partition coefficient (Wildman–Crippen LogP) is 3.07. The van der Waals surface area contributed by atoms with Gasteiger partial charge in [-0.15, -0.1) is 0 Å². The minimum atomic E-state index is -2.74. The maximum atomic E-state index is 13.8. The average molecular weight is 331 g/mol. The molecule has 5 nitrogen and oxygen atoms in total. The van der Waals surface area contributed by atoms with Gasteiger partial charge in [0, 0.05) is 24.7 Å². The first-order chi connectivity index (χ1) is 10.9. The molecule has 1 aromatic heterocycles. The number of aromatic nitrogens is 2. The number of benzene rings is 1. The van der Waals surface area contributed by atoms with Gasteiger partial charge >= 0.3 is 0 Å². The highest BCUT2D eigenvalue weighted by atomic mass is 19.3. The van der Waals surface area contributed by atoms with Gasteiger partial charge in [0.05, 0.1) is 0 Å². The minimum absolute atomic E-state index is 0.0236. The lowest BCUT2D eigenvalue weighted by molar-refractivity contribution is 0.145. The number of nitrogens with zero attached hydrogens (tertiary/aromatic N) is 3. The van der Waals surface area contributed by atoms with Crippen molar-refractivity contribution in [3.63, 3.8) is 0 Å². The molecule has 0 aliphatic carbocycles. The van der Waals surface area contributed by atoms with E-state index >= 15 is 0 Å². The molecule has 0 aliphatic heterocycles. The van der Waals surface area contributed by atoms with E-state index in [0.29, 0.717) is 6.07 Å². The summed E-state index contributed by atoms with van der Waals surface area (Å²) in [5.74, 6) is -1.54. The summed E-state index contributed by atoms with van der Waals surface area (Å²) in [6.07, 6.45) is -2.74. The van der Waals surface area contributed by atoms with Crippen LogP contribution in [0.25, 0.3) is 0 Å². The maximum absolute atomic E-state index is 13.8. The molecular weight excluding hydrogens is 318 g/mol. The van der Waals surface area contributed by atoms with Crippen molar-refractivity contribution in [2.75, 3.05) is 13.7 Å². The van der Waals surface area contributed by atoms with Crippen molar-refractivity contribution in [3.8, 4) is 5.88 Å². The molecule has 0 spiro atoms. The summed E-state index contributed by atoms with van der Waals surface area (Å²) >= 11 is 0. The molecule has 0 fully saturated rings. The van der Waals surface area contributed by atoms with E-state index in [1.807, 2.05) is 0 Å². The quantitative estimate of drug-likeness (QED) is 0.464. The van der Waals surface area contributed by atoms with Crippen molar-refractivity contribution in [1.82, 2.24) is 9.78 Å². The third-order valence-corrected chi connectivity index (χ3v) is 2.88. The lowest BCUT2D eigenvalue weighted by atomic mass is 10.1. The normalized spacial score (nSPS) is 11.9. The molecule has 0 saturated heterocycles.